The van der Waals surface area contributed by atoms with E-state index in [2.05, 4.69) is 12.2 Å². The molecule has 1 heterocycles. The van der Waals surface area contributed by atoms with Crippen molar-refractivity contribution in [2.75, 3.05) is 23.4 Å². The SMILES string of the molecule is CCCCOc1ccc(C(=O)Nc2ccc3c(c2)CCCN3C(C)=O)cc1. The molecule has 0 radical (unpaired) electrons. The van der Waals surface area contributed by atoms with Gasteiger partial charge in [0.2, 0.25) is 5.91 Å². The van der Waals surface area contributed by atoms with Crippen molar-refractivity contribution in [3.63, 3.8) is 0 Å². The second-order valence-corrected chi connectivity index (χ2v) is 6.80. The lowest BCUT2D eigenvalue weighted by Crippen LogP contribution is -2.33. The Hall–Kier alpha value is -2.82. The minimum atomic E-state index is -0.158. The van der Waals surface area contributed by atoms with Gasteiger partial charge in [0, 0.05) is 30.4 Å². The first-order valence-corrected chi connectivity index (χ1v) is 9.53. The van der Waals surface area contributed by atoms with Gasteiger partial charge in [-0.05, 0) is 67.3 Å². The quantitative estimate of drug-likeness (QED) is 0.770. The van der Waals surface area contributed by atoms with E-state index in [-0.39, 0.29) is 11.8 Å². The molecule has 0 saturated carbocycles. The van der Waals surface area contributed by atoms with Gasteiger partial charge in [0.05, 0.1) is 6.61 Å². The van der Waals surface area contributed by atoms with Crippen LogP contribution in [-0.2, 0) is 11.2 Å². The number of benzene rings is 2. The molecule has 27 heavy (non-hydrogen) atoms. The van der Waals surface area contributed by atoms with E-state index < -0.39 is 0 Å². The minimum absolute atomic E-state index is 0.0500. The van der Waals surface area contributed by atoms with E-state index in [9.17, 15) is 9.59 Å². The van der Waals surface area contributed by atoms with Crippen LogP contribution in [0.4, 0.5) is 11.4 Å². The largest absolute Gasteiger partial charge is 0.494 e. The Kier molecular flexibility index (Phi) is 6.12. The van der Waals surface area contributed by atoms with E-state index in [1.54, 1.807) is 24.0 Å². The van der Waals surface area contributed by atoms with E-state index in [0.29, 0.717) is 12.2 Å². The van der Waals surface area contributed by atoms with Gasteiger partial charge >= 0.3 is 0 Å². The Balaban J connectivity index is 1.66. The molecule has 1 aliphatic rings. The molecular formula is C22H26N2O3. The lowest BCUT2D eigenvalue weighted by Gasteiger charge is -2.29. The second-order valence-electron chi connectivity index (χ2n) is 6.80. The molecule has 2 amide bonds. The van der Waals surface area contributed by atoms with E-state index in [4.69, 9.17) is 4.74 Å². The summed E-state index contributed by atoms with van der Waals surface area (Å²) in [5, 5.41) is 2.94. The topological polar surface area (TPSA) is 58.6 Å². The van der Waals surface area contributed by atoms with Gasteiger partial charge in [-0.25, -0.2) is 0 Å². The van der Waals surface area contributed by atoms with Gasteiger partial charge in [-0.2, -0.15) is 0 Å². The van der Waals surface area contributed by atoms with Crippen LogP contribution in [0.1, 0.15) is 49.0 Å². The molecule has 1 aliphatic heterocycles. The van der Waals surface area contributed by atoms with Crippen LogP contribution in [0.2, 0.25) is 0 Å². The number of amides is 2. The Morgan fingerprint density at radius 1 is 1.15 bits per heavy atom. The molecule has 0 aliphatic carbocycles. The molecule has 0 bridgehead atoms. The summed E-state index contributed by atoms with van der Waals surface area (Å²) in [5.74, 6) is 0.668. The van der Waals surface area contributed by atoms with Gasteiger partial charge in [-0.1, -0.05) is 13.3 Å². The summed E-state index contributed by atoms with van der Waals surface area (Å²) in [4.78, 5) is 26.1. The van der Waals surface area contributed by atoms with Gasteiger partial charge < -0.3 is 15.0 Å². The fraction of sp³-hybridized carbons (Fsp3) is 0.364. The predicted octanol–water partition coefficient (Wildman–Crippen LogP) is 4.42. The van der Waals surface area contributed by atoms with Gasteiger partial charge in [0.15, 0.2) is 0 Å². The maximum absolute atomic E-state index is 12.5. The van der Waals surface area contributed by atoms with Crippen molar-refractivity contribution >= 4 is 23.2 Å². The summed E-state index contributed by atoms with van der Waals surface area (Å²) in [5.41, 5.74) is 3.36. The molecule has 2 aromatic carbocycles. The van der Waals surface area contributed by atoms with Crippen LogP contribution in [0.25, 0.3) is 0 Å². The van der Waals surface area contributed by atoms with Crippen molar-refractivity contribution in [1.29, 1.82) is 0 Å². The van der Waals surface area contributed by atoms with Crippen LogP contribution in [0.15, 0.2) is 42.5 Å². The molecule has 142 valence electrons. The van der Waals surface area contributed by atoms with Crippen molar-refractivity contribution in [2.45, 2.75) is 39.5 Å². The molecule has 0 unspecified atom stereocenters. The fourth-order valence-electron chi connectivity index (χ4n) is 3.24. The smallest absolute Gasteiger partial charge is 0.255 e. The molecule has 5 heteroatoms. The lowest BCUT2D eigenvalue weighted by atomic mass is 10.0. The first-order chi connectivity index (χ1) is 13.1. The summed E-state index contributed by atoms with van der Waals surface area (Å²) in [6.07, 6.45) is 3.95. The highest BCUT2D eigenvalue weighted by Crippen LogP contribution is 2.30. The zero-order chi connectivity index (χ0) is 19.2. The number of hydrogen-bond donors (Lipinski definition) is 1. The Morgan fingerprint density at radius 2 is 1.93 bits per heavy atom. The number of rotatable bonds is 6. The summed E-state index contributed by atoms with van der Waals surface area (Å²) < 4.78 is 5.63. The van der Waals surface area contributed by atoms with E-state index in [1.807, 2.05) is 30.3 Å². The minimum Gasteiger partial charge on any atom is -0.494 e. The molecule has 0 fully saturated rings. The zero-order valence-corrected chi connectivity index (χ0v) is 16.0. The zero-order valence-electron chi connectivity index (χ0n) is 16.0. The first kappa shape index (κ1) is 19.0. The number of carbonyl (C=O) groups is 2. The number of nitrogens with zero attached hydrogens (tertiary/aromatic N) is 1. The number of carbonyl (C=O) groups excluding carboxylic acids is 2. The third kappa shape index (κ3) is 4.67. The van der Waals surface area contributed by atoms with Crippen molar-refractivity contribution < 1.29 is 14.3 Å². The van der Waals surface area contributed by atoms with E-state index in [0.717, 1.165) is 54.9 Å². The summed E-state index contributed by atoms with van der Waals surface area (Å²) in [6, 6.07) is 12.9. The Bertz CT molecular complexity index is 815. The third-order valence-electron chi connectivity index (χ3n) is 4.72. The standard InChI is InChI=1S/C22H26N2O3/c1-3-4-14-27-20-10-7-17(8-11-20)22(26)23-19-9-12-21-18(15-19)6-5-13-24(21)16(2)25/h7-12,15H,3-6,13-14H2,1-2H3,(H,23,26). The predicted molar refractivity (Wildman–Crippen MR) is 108 cm³/mol. The van der Waals surface area contributed by atoms with Crippen LogP contribution < -0.4 is 15.0 Å². The molecule has 3 rings (SSSR count). The Labute approximate surface area is 160 Å². The maximum atomic E-state index is 12.5. The molecule has 5 nitrogen and oxygen atoms in total. The number of anilines is 2. The molecule has 0 aromatic heterocycles. The molecule has 2 aromatic rings. The van der Waals surface area contributed by atoms with Crippen LogP contribution in [-0.4, -0.2) is 25.0 Å². The van der Waals surface area contributed by atoms with Crippen LogP contribution >= 0.6 is 0 Å². The number of aryl methyl sites for hydroxylation is 1. The van der Waals surface area contributed by atoms with Crippen molar-refractivity contribution in [3.05, 3.63) is 53.6 Å². The molecule has 0 spiro atoms. The van der Waals surface area contributed by atoms with Gasteiger partial charge in [-0.3, -0.25) is 9.59 Å². The average Bonchev–Trinajstić information content (AvgIpc) is 2.68. The number of fused-ring (bicyclic) bond motifs is 1. The first-order valence-electron chi connectivity index (χ1n) is 9.53. The van der Waals surface area contributed by atoms with Crippen molar-refractivity contribution in [1.82, 2.24) is 0 Å². The number of nitrogens with one attached hydrogen (secondary N) is 1. The number of hydrogen-bond acceptors (Lipinski definition) is 3. The summed E-state index contributed by atoms with van der Waals surface area (Å²) in [6.45, 7) is 5.14. The molecule has 1 N–H and O–H groups in total. The van der Waals surface area contributed by atoms with Crippen LogP contribution in [0.3, 0.4) is 0 Å². The lowest BCUT2D eigenvalue weighted by molar-refractivity contribution is -0.116. The van der Waals surface area contributed by atoms with Crippen LogP contribution in [0.5, 0.6) is 5.75 Å². The number of ether oxygens (including phenoxy) is 1. The summed E-state index contributed by atoms with van der Waals surface area (Å²) >= 11 is 0. The van der Waals surface area contributed by atoms with E-state index >= 15 is 0 Å². The van der Waals surface area contributed by atoms with E-state index in [1.165, 1.54) is 0 Å². The molecule has 0 saturated heterocycles. The number of unbranched alkanes of at least 4 members (excludes halogenated alkanes) is 1. The maximum Gasteiger partial charge on any atom is 0.255 e. The van der Waals surface area contributed by atoms with Crippen LogP contribution in [0, 0.1) is 0 Å². The average molecular weight is 366 g/mol. The monoisotopic (exact) mass is 366 g/mol. The van der Waals surface area contributed by atoms with Gasteiger partial charge in [0.1, 0.15) is 5.75 Å². The Morgan fingerprint density at radius 3 is 2.63 bits per heavy atom. The van der Waals surface area contributed by atoms with Crippen molar-refractivity contribution in [2.24, 2.45) is 0 Å². The van der Waals surface area contributed by atoms with Gasteiger partial charge in [-0.15, -0.1) is 0 Å². The highest BCUT2D eigenvalue weighted by molar-refractivity contribution is 6.04. The third-order valence-corrected chi connectivity index (χ3v) is 4.72. The summed E-state index contributed by atoms with van der Waals surface area (Å²) in [7, 11) is 0. The molecular weight excluding hydrogens is 340 g/mol. The highest BCUT2D eigenvalue weighted by Gasteiger charge is 2.20. The fourth-order valence-corrected chi connectivity index (χ4v) is 3.24. The normalized spacial score (nSPS) is 13.0. The van der Waals surface area contributed by atoms with Crippen molar-refractivity contribution in [3.8, 4) is 5.75 Å². The molecule has 0 atom stereocenters. The second kappa shape index (κ2) is 8.71. The highest BCUT2D eigenvalue weighted by atomic mass is 16.5. The van der Waals surface area contributed by atoms with Gasteiger partial charge in [0.25, 0.3) is 5.91 Å².